The van der Waals surface area contributed by atoms with Gasteiger partial charge in [-0.05, 0) is 43.6 Å². The van der Waals surface area contributed by atoms with Crippen molar-refractivity contribution >= 4 is 18.3 Å². The highest BCUT2D eigenvalue weighted by molar-refractivity contribution is 5.94. The predicted octanol–water partition coefficient (Wildman–Crippen LogP) is 2.15. The number of pyridine rings is 1. The van der Waals surface area contributed by atoms with Crippen molar-refractivity contribution in [3.63, 3.8) is 0 Å². The maximum absolute atomic E-state index is 12.6. The Labute approximate surface area is 147 Å². The Morgan fingerprint density at radius 2 is 2.00 bits per heavy atom. The number of rotatable bonds is 4. The minimum Gasteiger partial charge on any atom is -0.338 e. The number of likely N-dealkylation sites (tertiary alicyclic amines) is 1. The van der Waals surface area contributed by atoms with Gasteiger partial charge in [-0.15, -0.1) is 12.4 Å². The first kappa shape index (κ1) is 18.2. The van der Waals surface area contributed by atoms with E-state index in [1.165, 1.54) is 0 Å². The third-order valence-corrected chi connectivity index (χ3v) is 4.29. The molecular formula is C18H22ClN3O2. The van der Waals surface area contributed by atoms with Crippen LogP contribution in [0.4, 0.5) is 0 Å². The number of aromatic amines is 1. The van der Waals surface area contributed by atoms with E-state index in [2.05, 4.69) is 10.3 Å². The van der Waals surface area contributed by atoms with Crippen molar-refractivity contribution in [2.75, 3.05) is 26.7 Å². The summed E-state index contributed by atoms with van der Waals surface area (Å²) in [5.41, 5.74) is 1.55. The lowest BCUT2D eigenvalue weighted by atomic mass is 10.1. The summed E-state index contributed by atoms with van der Waals surface area (Å²) in [4.78, 5) is 29.4. The third kappa shape index (κ3) is 3.86. The lowest BCUT2D eigenvalue weighted by molar-refractivity contribution is 0.0785. The van der Waals surface area contributed by atoms with Gasteiger partial charge in [-0.1, -0.05) is 30.3 Å². The van der Waals surface area contributed by atoms with Gasteiger partial charge in [0.15, 0.2) is 0 Å². The number of nitrogens with zero attached hydrogens (tertiary/aromatic N) is 1. The van der Waals surface area contributed by atoms with Crippen LogP contribution in [0.25, 0.3) is 11.3 Å². The van der Waals surface area contributed by atoms with Gasteiger partial charge >= 0.3 is 0 Å². The van der Waals surface area contributed by atoms with Crippen LogP contribution in [0.3, 0.4) is 0 Å². The molecule has 128 valence electrons. The lowest BCUT2D eigenvalue weighted by Gasteiger charge is -2.16. The van der Waals surface area contributed by atoms with Crippen LogP contribution in [-0.2, 0) is 0 Å². The Morgan fingerprint density at radius 3 is 2.67 bits per heavy atom. The van der Waals surface area contributed by atoms with Gasteiger partial charge < -0.3 is 15.2 Å². The van der Waals surface area contributed by atoms with Gasteiger partial charge in [0, 0.05) is 18.8 Å². The summed E-state index contributed by atoms with van der Waals surface area (Å²) in [5.74, 6) is 0.288. The summed E-state index contributed by atoms with van der Waals surface area (Å²) in [6.07, 6.45) is 0.979. The first-order valence-electron chi connectivity index (χ1n) is 7.91. The Morgan fingerprint density at radius 1 is 1.25 bits per heavy atom. The number of benzene rings is 1. The molecule has 1 amide bonds. The highest BCUT2D eigenvalue weighted by Crippen LogP contribution is 2.18. The van der Waals surface area contributed by atoms with Crippen LogP contribution >= 0.6 is 12.4 Å². The van der Waals surface area contributed by atoms with E-state index in [0.29, 0.717) is 19.0 Å². The molecule has 2 N–H and O–H groups in total. The van der Waals surface area contributed by atoms with Crippen molar-refractivity contribution < 1.29 is 4.79 Å². The van der Waals surface area contributed by atoms with Crippen molar-refractivity contribution in [1.29, 1.82) is 0 Å². The van der Waals surface area contributed by atoms with Gasteiger partial charge in [-0.2, -0.15) is 0 Å². The van der Waals surface area contributed by atoms with Gasteiger partial charge in [0.2, 0.25) is 0 Å². The van der Waals surface area contributed by atoms with E-state index in [0.717, 1.165) is 24.2 Å². The van der Waals surface area contributed by atoms with Gasteiger partial charge in [0.05, 0.1) is 0 Å². The summed E-state index contributed by atoms with van der Waals surface area (Å²) < 4.78 is 0. The monoisotopic (exact) mass is 347 g/mol. The quantitative estimate of drug-likeness (QED) is 0.890. The molecule has 1 aliphatic rings. The molecule has 1 aliphatic heterocycles. The Hall–Kier alpha value is -2.11. The number of halogens is 1. The third-order valence-electron chi connectivity index (χ3n) is 4.29. The molecule has 24 heavy (non-hydrogen) atoms. The van der Waals surface area contributed by atoms with Crippen LogP contribution in [0.2, 0.25) is 0 Å². The zero-order valence-corrected chi connectivity index (χ0v) is 14.4. The zero-order valence-electron chi connectivity index (χ0n) is 13.6. The fraction of sp³-hybridized carbons (Fsp3) is 0.333. The summed E-state index contributed by atoms with van der Waals surface area (Å²) in [6.45, 7) is 2.32. The van der Waals surface area contributed by atoms with Crippen molar-refractivity contribution in [3.05, 3.63) is 58.4 Å². The second-order valence-corrected chi connectivity index (χ2v) is 5.94. The van der Waals surface area contributed by atoms with Crippen molar-refractivity contribution in [1.82, 2.24) is 15.2 Å². The molecule has 0 spiro atoms. The summed E-state index contributed by atoms with van der Waals surface area (Å²) >= 11 is 0. The highest BCUT2D eigenvalue weighted by Gasteiger charge is 2.27. The zero-order chi connectivity index (χ0) is 16.2. The number of hydrogen-bond donors (Lipinski definition) is 2. The minimum atomic E-state index is -0.326. The number of carbonyl (C=O) groups is 1. The molecule has 1 atom stereocenters. The largest absolute Gasteiger partial charge is 0.338 e. The molecule has 1 aromatic heterocycles. The molecule has 1 unspecified atom stereocenters. The van der Waals surface area contributed by atoms with E-state index in [1.54, 1.807) is 17.0 Å². The molecule has 2 heterocycles. The smallest absolute Gasteiger partial charge is 0.261 e. The SMILES string of the molecule is CNCC1CCN(C(=O)c2ccc(-c3ccccc3)[nH]c2=O)C1.Cl. The first-order valence-corrected chi connectivity index (χ1v) is 7.91. The van der Waals surface area contributed by atoms with Gasteiger partial charge in [0.1, 0.15) is 5.56 Å². The van der Waals surface area contributed by atoms with Crippen LogP contribution < -0.4 is 10.9 Å². The molecular weight excluding hydrogens is 326 g/mol. The van der Waals surface area contributed by atoms with Gasteiger partial charge in [0.25, 0.3) is 11.5 Å². The molecule has 1 saturated heterocycles. The maximum atomic E-state index is 12.6. The van der Waals surface area contributed by atoms with E-state index in [-0.39, 0.29) is 29.4 Å². The molecule has 2 aromatic rings. The lowest BCUT2D eigenvalue weighted by Crippen LogP contribution is -2.34. The minimum absolute atomic E-state index is 0. The van der Waals surface area contributed by atoms with Gasteiger partial charge in [-0.3, -0.25) is 9.59 Å². The van der Waals surface area contributed by atoms with Crippen LogP contribution in [0.5, 0.6) is 0 Å². The van der Waals surface area contributed by atoms with Crippen LogP contribution in [-0.4, -0.2) is 42.5 Å². The van der Waals surface area contributed by atoms with Crippen LogP contribution in [0.1, 0.15) is 16.8 Å². The predicted molar refractivity (Wildman–Crippen MR) is 97.7 cm³/mol. The average molecular weight is 348 g/mol. The fourth-order valence-electron chi connectivity index (χ4n) is 3.07. The van der Waals surface area contributed by atoms with E-state index in [1.807, 2.05) is 37.4 Å². The molecule has 0 radical (unpaired) electrons. The summed E-state index contributed by atoms with van der Waals surface area (Å²) in [6, 6.07) is 13.0. The first-order chi connectivity index (χ1) is 11.2. The van der Waals surface area contributed by atoms with Gasteiger partial charge in [-0.25, -0.2) is 0 Å². The standard InChI is InChI=1S/C18H21N3O2.ClH/c1-19-11-13-9-10-21(12-13)18(23)15-7-8-16(20-17(15)22)14-5-3-2-4-6-14;/h2-8,13,19H,9-12H2,1H3,(H,20,22);1H. The van der Waals surface area contributed by atoms with E-state index in [4.69, 9.17) is 0 Å². The van der Waals surface area contributed by atoms with E-state index >= 15 is 0 Å². The Kier molecular flexibility index (Phi) is 6.17. The van der Waals surface area contributed by atoms with E-state index < -0.39 is 0 Å². The summed E-state index contributed by atoms with van der Waals surface area (Å²) in [7, 11) is 1.91. The number of H-pyrrole nitrogens is 1. The molecule has 3 rings (SSSR count). The molecule has 0 aliphatic carbocycles. The molecule has 5 nitrogen and oxygen atoms in total. The normalized spacial score (nSPS) is 16.7. The average Bonchev–Trinajstić information content (AvgIpc) is 3.04. The molecule has 0 saturated carbocycles. The van der Waals surface area contributed by atoms with Crippen molar-refractivity contribution in [3.8, 4) is 11.3 Å². The number of aromatic nitrogens is 1. The van der Waals surface area contributed by atoms with E-state index in [9.17, 15) is 9.59 Å². The second-order valence-electron chi connectivity index (χ2n) is 5.94. The van der Waals surface area contributed by atoms with Crippen molar-refractivity contribution in [2.45, 2.75) is 6.42 Å². The number of hydrogen-bond acceptors (Lipinski definition) is 3. The number of nitrogens with one attached hydrogen (secondary N) is 2. The van der Waals surface area contributed by atoms with Crippen LogP contribution in [0, 0.1) is 5.92 Å². The fourth-order valence-corrected chi connectivity index (χ4v) is 3.07. The number of carbonyl (C=O) groups excluding carboxylic acids is 1. The maximum Gasteiger partial charge on any atom is 0.261 e. The highest BCUT2D eigenvalue weighted by atomic mass is 35.5. The van der Waals surface area contributed by atoms with Crippen LogP contribution in [0.15, 0.2) is 47.3 Å². The van der Waals surface area contributed by atoms with Crippen molar-refractivity contribution in [2.24, 2.45) is 5.92 Å². The Bertz CT molecular complexity index is 745. The molecule has 1 aromatic carbocycles. The summed E-state index contributed by atoms with van der Waals surface area (Å²) in [5, 5.41) is 3.14. The Balaban J connectivity index is 0.00000208. The number of amides is 1. The second kappa shape index (κ2) is 8.13. The molecule has 6 heteroatoms. The molecule has 1 fully saturated rings. The molecule has 0 bridgehead atoms. The topological polar surface area (TPSA) is 65.2 Å².